The Morgan fingerprint density at radius 1 is 1.26 bits per heavy atom. The number of anilines is 1. The highest BCUT2D eigenvalue weighted by Gasteiger charge is 2.19. The standard InChI is InChI=1S/C17H11ClN2O2S/c1-9-8-13(20-22-9)19-17(21)16-15(18)14-11-5-3-2-4-10(11)6-7-12(14)23-16/h2-8H,1H3,(H,19,20,21). The third-order valence-electron chi connectivity index (χ3n) is 3.60. The van der Waals surface area contributed by atoms with Crippen molar-refractivity contribution in [3.05, 3.63) is 58.1 Å². The molecule has 1 amide bonds. The lowest BCUT2D eigenvalue weighted by molar-refractivity contribution is 0.103. The number of amides is 1. The normalized spacial score (nSPS) is 11.2. The first-order valence-corrected chi connectivity index (χ1v) is 8.17. The number of nitrogens with one attached hydrogen (secondary N) is 1. The molecular weight excluding hydrogens is 332 g/mol. The van der Waals surface area contributed by atoms with E-state index >= 15 is 0 Å². The van der Waals surface area contributed by atoms with Crippen molar-refractivity contribution in [1.29, 1.82) is 0 Å². The molecule has 0 aliphatic heterocycles. The lowest BCUT2D eigenvalue weighted by Crippen LogP contribution is -2.10. The minimum atomic E-state index is -0.284. The van der Waals surface area contributed by atoms with Crippen LogP contribution in [0.2, 0.25) is 5.02 Å². The molecule has 4 rings (SSSR count). The molecule has 0 saturated heterocycles. The van der Waals surface area contributed by atoms with E-state index < -0.39 is 0 Å². The third kappa shape index (κ3) is 2.38. The Labute approximate surface area is 140 Å². The van der Waals surface area contributed by atoms with Crippen LogP contribution in [0.4, 0.5) is 5.82 Å². The van der Waals surface area contributed by atoms with Gasteiger partial charge in [-0.05, 0) is 23.8 Å². The third-order valence-corrected chi connectivity index (χ3v) is 5.24. The number of fused-ring (bicyclic) bond motifs is 3. The monoisotopic (exact) mass is 342 g/mol. The minimum Gasteiger partial charge on any atom is -0.360 e. The molecule has 4 aromatic rings. The Balaban J connectivity index is 1.83. The van der Waals surface area contributed by atoms with Crippen molar-refractivity contribution in [2.24, 2.45) is 0 Å². The second kappa shape index (κ2) is 5.37. The lowest BCUT2D eigenvalue weighted by Gasteiger charge is -2.00. The first-order valence-electron chi connectivity index (χ1n) is 6.98. The highest BCUT2D eigenvalue weighted by atomic mass is 35.5. The van der Waals surface area contributed by atoms with Crippen LogP contribution in [0.3, 0.4) is 0 Å². The first-order chi connectivity index (χ1) is 11.1. The molecule has 6 heteroatoms. The SMILES string of the molecule is Cc1cc(NC(=O)c2sc3ccc4ccccc4c3c2Cl)no1. The second-order valence-electron chi connectivity index (χ2n) is 5.18. The van der Waals surface area contributed by atoms with Gasteiger partial charge < -0.3 is 9.84 Å². The van der Waals surface area contributed by atoms with Gasteiger partial charge in [0, 0.05) is 16.2 Å². The zero-order valence-electron chi connectivity index (χ0n) is 12.1. The summed E-state index contributed by atoms with van der Waals surface area (Å²) in [5, 5.41) is 10.0. The van der Waals surface area contributed by atoms with E-state index in [1.54, 1.807) is 13.0 Å². The summed E-state index contributed by atoms with van der Waals surface area (Å²) < 4.78 is 5.94. The number of thiophene rings is 1. The van der Waals surface area contributed by atoms with Gasteiger partial charge in [0.2, 0.25) is 0 Å². The predicted molar refractivity (Wildman–Crippen MR) is 93.5 cm³/mol. The van der Waals surface area contributed by atoms with Crippen molar-refractivity contribution in [1.82, 2.24) is 5.16 Å². The van der Waals surface area contributed by atoms with Gasteiger partial charge >= 0.3 is 0 Å². The molecule has 0 atom stereocenters. The Kier molecular flexibility index (Phi) is 3.32. The maximum atomic E-state index is 12.5. The van der Waals surface area contributed by atoms with E-state index in [2.05, 4.69) is 10.5 Å². The number of benzene rings is 2. The average molecular weight is 343 g/mol. The highest BCUT2D eigenvalue weighted by molar-refractivity contribution is 7.22. The Bertz CT molecular complexity index is 1050. The van der Waals surface area contributed by atoms with Crippen molar-refractivity contribution >= 4 is 55.5 Å². The maximum Gasteiger partial charge on any atom is 0.268 e. The summed E-state index contributed by atoms with van der Waals surface area (Å²) in [5.74, 6) is 0.730. The van der Waals surface area contributed by atoms with E-state index in [9.17, 15) is 4.79 Å². The number of carbonyl (C=O) groups excluding carboxylic acids is 1. The highest BCUT2D eigenvalue weighted by Crippen LogP contribution is 2.39. The van der Waals surface area contributed by atoms with Gasteiger partial charge in [0.25, 0.3) is 5.91 Å². The van der Waals surface area contributed by atoms with E-state index in [-0.39, 0.29) is 5.91 Å². The van der Waals surface area contributed by atoms with E-state index in [0.717, 1.165) is 20.9 Å². The van der Waals surface area contributed by atoms with Crippen LogP contribution in [0.1, 0.15) is 15.4 Å². The molecule has 4 nitrogen and oxygen atoms in total. The Hall–Kier alpha value is -2.37. The number of hydrogen-bond acceptors (Lipinski definition) is 4. The molecule has 2 aromatic heterocycles. The Morgan fingerprint density at radius 2 is 2.09 bits per heavy atom. The van der Waals surface area contributed by atoms with E-state index in [0.29, 0.717) is 21.5 Å². The number of halogens is 1. The molecule has 0 aliphatic rings. The summed E-state index contributed by atoms with van der Waals surface area (Å²) in [6, 6.07) is 13.7. The second-order valence-corrected chi connectivity index (χ2v) is 6.61. The van der Waals surface area contributed by atoms with Crippen LogP contribution < -0.4 is 5.32 Å². The zero-order chi connectivity index (χ0) is 16.0. The summed E-state index contributed by atoms with van der Waals surface area (Å²) in [5.41, 5.74) is 0. The van der Waals surface area contributed by atoms with Crippen LogP contribution in [-0.4, -0.2) is 11.1 Å². The fraction of sp³-hybridized carbons (Fsp3) is 0.0588. The summed E-state index contributed by atoms with van der Waals surface area (Å²) in [4.78, 5) is 13.0. The molecule has 1 N–H and O–H groups in total. The van der Waals surface area contributed by atoms with Crippen LogP contribution in [-0.2, 0) is 0 Å². The topological polar surface area (TPSA) is 55.1 Å². The smallest absolute Gasteiger partial charge is 0.268 e. The number of hydrogen-bond donors (Lipinski definition) is 1. The van der Waals surface area contributed by atoms with Crippen LogP contribution in [0.25, 0.3) is 20.9 Å². The molecule has 0 radical (unpaired) electrons. The minimum absolute atomic E-state index is 0.284. The molecule has 2 heterocycles. The Morgan fingerprint density at radius 3 is 2.87 bits per heavy atom. The van der Waals surface area contributed by atoms with Crippen molar-refractivity contribution in [2.75, 3.05) is 5.32 Å². The number of nitrogens with zero attached hydrogens (tertiary/aromatic N) is 1. The lowest BCUT2D eigenvalue weighted by atomic mass is 10.1. The molecule has 0 unspecified atom stereocenters. The van der Waals surface area contributed by atoms with Gasteiger partial charge in [0.05, 0.1) is 5.02 Å². The van der Waals surface area contributed by atoms with Crippen LogP contribution in [0.15, 0.2) is 47.0 Å². The van der Waals surface area contributed by atoms with E-state index in [1.807, 2.05) is 36.4 Å². The fourth-order valence-corrected chi connectivity index (χ4v) is 4.04. The first kappa shape index (κ1) is 14.2. The molecule has 0 aliphatic carbocycles. The van der Waals surface area contributed by atoms with Crippen molar-refractivity contribution < 1.29 is 9.32 Å². The molecular formula is C17H11ClN2O2S. The van der Waals surface area contributed by atoms with Gasteiger partial charge in [-0.15, -0.1) is 11.3 Å². The largest absolute Gasteiger partial charge is 0.360 e. The van der Waals surface area contributed by atoms with Gasteiger partial charge in [0.15, 0.2) is 5.82 Å². The molecule has 114 valence electrons. The fourth-order valence-electron chi connectivity index (χ4n) is 2.58. The molecule has 23 heavy (non-hydrogen) atoms. The van der Waals surface area contributed by atoms with Gasteiger partial charge in [-0.1, -0.05) is 47.1 Å². The molecule has 0 bridgehead atoms. The van der Waals surface area contributed by atoms with E-state index in [1.165, 1.54) is 11.3 Å². The molecule has 0 saturated carbocycles. The van der Waals surface area contributed by atoms with Gasteiger partial charge in [0.1, 0.15) is 10.6 Å². The summed E-state index contributed by atoms with van der Waals surface area (Å²) >= 11 is 7.88. The van der Waals surface area contributed by atoms with Gasteiger partial charge in [-0.2, -0.15) is 0 Å². The molecule has 0 fully saturated rings. The summed E-state index contributed by atoms with van der Waals surface area (Å²) in [6.07, 6.45) is 0. The maximum absolute atomic E-state index is 12.5. The number of aromatic nitrogens is 1. The average Bonchev–Trinajstić information content (AvgIpc) is 3.11. The van der Waals surface area contributed by atoms with Gasteiger partial charge in [-0.3, -0.25) is 4.79 Å². The van der Waals surface area contributed by atoms with Crippen LogP contribution in [0.5, 0.6) is 0 Å². The summed E-state index contributed by atoms with van der Waals surface area (Å²) in [7, 11) is 0. The van der Waals surface area contributed by atoms with Crippen molar-refractivity contribution in [3.63, 3.8) is 0 Å². The van der Waals surface area contributed by atoms with Crippen molar-refractivity contribution in [2.45, 2.75) is 6.92 Å². The predicted octanol–water partition coefficient (Wildman–Crippen LogP) is 5.26. The summed E-state index contributed by atoms with van der Waals surface area (Å²) in [6.45, 7) is 1.77. The zero-order valence-corrected chi connectivity index (χ0v) is 13.7. The van der Waals surface area contributed by atoms with Crippen molar-refractivity contribution in [3.8, 4) is 0 Å². The van der Waals surface area contributed by atoms with Crippen LogP contribution >= 0.6 is 22.9 Å². The number of rotatable bonds is 2. The van der Waals surface area contributed by atoms with Gasteiger partial charge in [-0.25, -0.2) is 0 Å². The van der Waals surface area contributed by atoms with E-state index in [4.69, 9.17) is 16.1 Å². The molecule has 0 spiro atoms. The van der Waals surface area contributed by atoms with Crippen LogP contribution in [0, 0.1) is 6.92 Å². The quantitative estimate of drug-likeness (QED) is 0.540. The molecule has 2 aromatic carbocycles. The number of carbonyl (C=O) groups is 1. The number of aryl methyl sites for hydroxylation is 1.